The standard InChI is InChI=1S/C24H23N5/c1-18-9-11-19(12-10-18)16-26-22-14-23(27-17-20-6-5-13-25-15-20)29-24(28-22)21-7-3-2-4-8-21/h2-15H,16-17H2,1H3,(H2,26,27,28,29). The molecule has 2 aromatic carbocycles. The van der Waals surface area contributed by atoms with Gasteiger partial charge in [-0.05, 0) is 24.1 Å². The number of anilines is 2. The second-order valence-electron chi connectivity index (χ2n) is 6.88. The third-order valence-corrected chi connectivity index (χ3v) is 4.55. The Hall–Kier alpha value is -3.73. The maximum absolute atomic E-state index is 4.72. The average molecular weight is 381 g/mol. The van der Waals surface area contributed by atoms with Crippen LogP contribution in [0, 0.1) is 6.92 Å². The highest BCUT2D eigenvalue weighted by molar-refractivity contribution is 5.61. The number of pyridine rings is 1. The van der Waals surface area contributed by atoms with E-state index in [-0.39, 0.29) is 0 Å². The van der Waals surface area contributed by atoms with Crippen LogP contribution in [0.2, 0.25) is 0 Å². The molecule has 2 heterocycles. The first-order chi connectivity index (χ1) is 14.3. The highest BCUT2D eigenvalue weighted by Crippen LogP contribution is 2.21. The topological polar surface area (TPSA) is 62.7 Å². The summed E-state index contributed by atoms with van der Waals surface area (Å²) in [6, 6.07) is 24.4. The molecular weight excluding hydrogens is 358 g/mol. The summed E-state index contributed by atoms with van der Waals surface area (Å²) in [5.41, 5.74) is 4.54. The van der Waals surface area contributed by atoms with Gasteiger partial charge >= 0.3 is 0 Å². The Bertz CT molecular complexity index is 1050. The van der Waals surface area contributed by atoms with Crippen molar-refractivity contribution in [3.8, 4) is 11.4 Å². The van der Waals surface area contributed by atoms with Crippen molar-refractivity contribution >= 4 is 11.6 Å². The van der Waals surface area contributed by atoms with Crippen LogP contribution in [-0.4, -0.2) is 15.0 Å². The second-order valence-corrected chi connectivity index (χ2v) is 6.88. The first-order valence-electron chi connectivity index (χ1n) is 9.63. The van der Waals surface area contributed by atoms with Crippen LogP contribution >= 0.6 is 0 Å². The Morgan fingerprint density at radius 3 is 2.07 bits per heavy atom. The van der Waals surface area contributed by atoms with Crippen LogP contribution in [0.5, 0.6) is 0 Å². The lowest BCUT2D eigenvalue weighted by Gasteiger charge is -2.12. The van der Waals surface area contributed by atoms with Gasteiger partial charge in [-0.15, -0.1) is 0 Å². The minimum atomic E-state index is 0.649. The van der Waals surface area contributed by atoms with Crippen LogP contribution in [0.15, 0.2) is 85.2 Å². The van der Waals surface area contributed by atoms with Crippen LogP contribution in [-0.2, 0) is 13.1 Å². The fraction of sp³-hybridized carbons (Fsp3) is 0.125. The Labute approximate surface area is 170 Å². The van der Waals surface area contributed by atoms with Crippen LogP contribution < -0.4 is 10.6 Å². The minimum Gasteiger partial charge on any atom is -0.366 e. The highest BCUT2D eigenvalue weighted by Gasteiger charge is 2.07. The smallest absolute Gasteiger partial charge is 0.163 e. The molecule has 0 aliphatic carbocycles. The molecule has 0 amide bonds. The summed E-state index contributed by atoms with van der Waals surface area (Å²) in [7, 11) is 0. The van der Waals surface area contributed by atoms with E-state index in [9.17, 15) is 0 Å². The van der Waals surface area contributed by atoms with Crippen molar-refractivity contribution in [3.05, 3.63) is 102 Å². The molecule has 5 nitrogen and oxygen atoms in total. The molecule has 144 valence electrons. The number of aromatic nitrogens is 3. The monoisotopic (exact) mass is 381 g/mol. The summed E-state index contributed by atoms with van der Waals surface area (Å²) in [5, 5.41) is 6.81. The molecule has 0 saturated heterocycles. The number of aryl methyl sites for hydroxylation is 1. The molecule has 0 aliphatic rings. The van der Waals surface area contributed by atoms with E-state index < -0.39 is 0 Å². The van der Waals surface area contributed by atoms with Crippen molar-refractivity contribution in [1.82, 2.24) is 15.0 Å². The molecule has 2 aromatic heterocycles. The molecule has 4 rings (SSSR count). The molecule has 4 aromatic rings. The minimum absolute atomic E-state index is 0.649. The Balaban J connectivity index is 1.56. The van der Waals surface area contributed by atoms with Crippen molar-refractivity contribution in [2.75, 3.05) is 10.6 Å². The summed E-state index contributed by atoms with van der Waals surface area (Å²) in [5.74, 6) is 2.25. The molecule has 0 aliphatic heterocycles. The number of benzene rings is 2. The van der Waals surface area contributed by atoms with Crippen LogP contribution in [0.1, 0.15) is 16.7 Å². The Morgan fingerprint density at radius 1 is 0.724 bits per heavy atom. The number of hydrogen-bond acceptors (Lipinski definition) is 5. The average Bonchev–Trinajstić information content (AvgIpc) is 2.78. The van der Waals surface area contributed by atoms with Crippen molar-refractivity contribution in [2.45, 2.75) is 20.0 Å². The van der Waals surface area contributed by atoms with Gasteiger partial charge in [0.25, 0.3) is 0 Å². The lowest BCUT2D eigenvalue weighted by molar-refractivity contribution is 1.05. The molecule has 0 radical (unpaired) electrons. The third-order valence-electron chi connectivity index (χ3n) is 4.55. The lowest BCUT2D eigenvalue weighted by atomic mass is 10.1. The van der Waals surface area contributed by atoms with E-state index in [1.807, 2.05) is 54.7 Å². The van der Waals surface area contributed by atoms with E-state index in [1.54, 1.807) is 6.20 Å². The quantitative estimate of drug-likeness (QED) is 0.468. The SMILES string of the molecule is Cc1ccc(CNc2cc(NCc3cccnc3)nc(-c3ccccc3)n2)cc1. The van der Waals surface area contributed by atoms with Gasteiger partial charge in [-0.1, -0.05) is 66.2 Å². The van der Waals surface area contributed by atoms with E-state index >= 15 is 0 Å². The Kier molecular flexibility index (Phi) is 5.76. The number of hydrogen-bond donors (Lipinski definition) is 2. The van der Waals surface area contributed by atoms with Gasteiger partial charge < -0.3 is 10.6 Å². The molecule has 2 N–H and O–H groups in total. The van der Waals surface area contributed by atoms with E-state index in [4.69, 9.17) is 9.97 Å². The summed E-state index contributed by atoms with van der Waals surface area (Å²) < 4.78 is 0. The maximum Gasteiger partial charge on any atom is 0.163 e. The summed E-state index contributed by atoms with van der Waals surface area (Å²) in [4.78, 5) is 13.6. The molecule has 29 heavy (non-hydrogen) atoms. The van der Waals surface area contributed by atoms with Crippen LogP contribution in [0.4, 0.5) is 11.6 Å². The van der Waals surface area contributed by atoms with Gasteiger partial charge in [0.15, 0.2) is 5.82 Å². The Morgan fingerprint density at radius 2 is 1.41 bits per heavy atom. The first kappa shape index (κ1) is 18.6. The number of rotatable bonds is 7. The van der Waals surface area contributed by atoms with Crippen molar-refractivity contribution < 1.29 is 0 Å². The zero-order valence-corrected chi connectivity index (χ0v) is 16.3. The molecule has 0 saturated carbocycles. The number of nitrogens with zero attached hydrogens (tertiary/aromatic N) is 3. The summed E-state index contributed by atoms with van der Waals surface area (Å²) in [6.07, 6.45) is 3.62. The van der Waals surface area contributed by atoms with Gasteiger partial charge in [-0.3, -0.25) is 4.98 Å². The van der Waals surface area contributed by atoms with Gasteiger partial charge in [0.1, 0.15) is 11.6 Å². The fourth-order valence-electron chi connectivity index (χ4n) is 2.94. The van der Waals surface area contributed by atoms with E-state index in [2.05, 4.69) is 46.8 Å². The van der Waals surface area contributed by atoms with Crippen molar-refractivity contribution in [3.63, 3.8) is 0 Å². The van der Waals surface area contributed by atoms with Gasteiger partial charge in [-0.25, -0.2) is 9.97 Å². The fourth-order valence-corrected chi connectivity index (χ4v) is 2.94. The van der Waals surface area contributed by atoms with Gasteiger partial charge in [-0.2, -0.15) is 0 Å². The molecule has 0 atom stereocenters. The molecule has 0 fully saturated rings. The third kappa shape index (κ3) is 5.17. The van der Waals surface area contributed by atoms with Gasteiger partial charge in [0.05, 0.1) is 0 Å². The lowest BCUT2D eigenvalue weighted by Crippen LogP contribution is -2.07. The van der Waals surface area contributed by atoms with E-state index in [0.717, 1.165) is 22.8 Å². The molecule has 0 bridgehead atoms. The first-order valence-corrected chi connectivity index (χ1v) is 9.63. The van der Waals surface area contributed by atoms with Crippen LogP contribution in [0.3, 0.4) is 0 Å². The highest BCUT2D eigenvalue weighted by atomic mass is 15.1. The normalized spacial score (nSPS) is 10.5. The van der Waals surface area contributed by atoms with Gasteiger partial charge in [0, 0.05) is 37.1 Å². The van der Waals surface area contributed by atoms with E-state index in [1.165, 1.54) is 11.1 Å². The maximum atomic E-state index is 4.72. The molecule has 0 unspecified atom stereocenters. The zero-order chi connectivity index (χ0) is 19.9. The second kappa shape index (κ2) is 8.97. The zero-order valence-electron chi connectivity index (χ0n) is 16.3. The predicted molar refractivity (Wildman–Crippen MR) is 118 cm³/mol. The van der Waals surface area contributed by atoms with Crippen molar-refractivity contribution in [1.29, 1.82) is 0 Å². The predicted octanol–water partition coefficient (Wildman–Crippen LogP) is 5.07. The molecule has 0 spiro atoms. The number of nitrogens with one attached hydrogen (secondary N) is 2. The molecule has 5 heteroatoms. The molecular formula is C24H23N5. The summed E-state index contributed by atoms with van der Waals surface area (Å²) >= 11 is 0. The van der Waals surface area contributed by atoms with E-state index in [0.29, 0.717) is 18.9 Å². The van der Waals surface area contributed by atoms with Gasteiger partial charge in [0.2, 0.25) is 0 Å². The largest absolute Gasteiger partial charge is 0.366 e. The van der Waals surface area contributed by atoms with Crippen molar-refractivity contribution in [2.24, 2.45) is 0 Å². The summed E-state index contributed by atoms with van der Waals surface area (Å²) in [6.45, 7) is 3.44. The van der Waals surface area contributed by atoms with Crippen LogP contribution in [0.25, 0.3) is 11.4 Å².